The first-order valence-corrected chi connectivity index (χ1v) is 2.38. The van der Waals surface area contributed by atoms with Gasteiger partial charge in [-0.1, -0.05) is 0 Å². The summed E-state index contributed by atoms with van der Waals surface area (Å²) in [7, 11) is 0. The summed E-state index contributed by atoms with van der Waals surface area (Å²) in [5.41, 5.74) is 0. The van der Waals surface area contributed by atoms with Crippen LogP contribution in [0.25, 0.3) is 0 Å². The third kappa shape index (κ3) is 1.56. The number of rotatable bonds is 1. The summed E-state index contributed by atoms with van der Waals surface area (Å²) in [6.45, 7) is 0.0146. The van der Waals surface area contributed by atoms with Crippen molar-refractivity contribution < 1.29 is 23.0 Å². The number of epoxide rings is 1. The summed E-state index contributed by atoms with van der Waals surface area (Å²) in [6, 6.07) is 0. The normalized spacial score (nSPS) is 30.0. The van der Waals surface area contributed by atoms with Crippen LogP contribution in [0.4, 0.5) is 13.2 Å². The first-order valence-electron chi connectivity index (χ1n) is 2.38. The maximum absolute atomic E-state index is 11.4. The lowest BCUT2D eigenvalue weighted by Gasteiger charge is -2.10. The van der Waals surface area contributed by atoms with Crippen molar-refractivity contribution in [2.75, 3.05) is 6.61 Å². The molecule has 2 atom stereocenters. The van der Waals surface area contributed by atoms with Crippen LogP contribution in [0.5, 0.6) is 0 Å². The van der Waals surface area contributed by atoms with E-state index in [-0.39, 0.29) is 6.61 Å². The SMILES string of the molecule is OC(C1CO1)C(F)(F)F. The molecule has 54 valence electrons. The van der Waals surface area contributed by atoms with Crippen molar-refractivity contribution in [1.29, 1.82) is 0 Å². The quantitative estimate of drug-likeness (QED) is 0.534. The fraction of sp³-hybridized carbons (Fsp3) is 1.00. The lowest BCUT2D eigenvalue weighted by atomic mass is 10.3. The molecule has 2 unspecified atom stereocenters. The van der Waals surface area contributed by atoms with Crippen molar-refractivity contribution in [1.82, 2.24) is 0 Å². The van der Waals surface area contributed by atoms with Gasteiger partial charge in [0.15, 0.2) is 6.10 Å². The van der Waals surface area contributed by atoms with Crippen molar-refractivity contribution in [2.45, 2.75) is 18.4 Å². The highest BCUT2D eigenvalue weighted by atomic mass is 19.4. The lowest BCUT2D eigenvalue weighted by molar-refractivity contribution is -0.208. The van der Waals surface area contributed by atoms with Crippen LogP contribution >= 0.6 is 0 Å². The number of aliphatic hydroxyl groups is 1. The van der Waals surface area contributed by atoms with Gasteiger partial charge in [0.2, 0.25) is 0 Å². The van der Waals surface area contributed by atoms with E-state index >= 15 is 0 Å². The summed E-state index contributed by atoms with van der Waals surface area (Å²) in [5.74, 6) is 0. The fourth-order valence-electron chi connectivity index (χ4n) is 0.449. The van der Waals surface area contributed by atoms with E-state index in [2.05, 4.69) is 4.74 Å². The molecule has 1 fully saturated rings. The van der Waals surface area contributed by atoms with Gasteiger partial charge in [-0.15, -0.1) is 0 Å². The molecule has 0 aromatic heterocycles. The average molecular weight is 142 g/mol. The van der Waals surface area contributed by atoms with Crippen LogP contribution in [0.2, 0.25) is 0 Å². The first kappa shape index (κ1) is 6.82. The van der Waals surface area contributed by atoms with E-state index in [1.165, 1.54) is 0 Å². The minimum Gasteiger partial charge on any atom is -0.381 e. The van der Waals surface area contributed by atoms with Gasteiger partial charge in [-0.25, -0.2) is 0 Å². The van der Waals surface area contributed by atoms with Gasteiger partial charge >= 0.3 is 6.18 Å². The number of ether oxygens (including phenoxy) is 1. The van der Waals surface area contributed by atoms with Crippen LogP contribution in [0.1, 0.15) is 0 Å². The number of aliphatic hydroxyl groups excluding tert-OH is 1. The van der Waals surface area contributed by atoms with E-state index in [4.69, 9.17) is 5.11 Å². The zero-order valence-corrected chi connectivity index (χ0v) is 4.35. The highest BCUT2D eigenvalue weighted by Gasteiger charge is 2.49. The van der Waals surface area contributed by atoms with Crippen LogP contribution < -0.4 is 0 Å². The topological polar surface area (TPSA) is 32.8 Å². The lowest BCUT2D eigenvalue weighted by Crippen LogP contribution is -2.33. The maximum Gasteiger partial charge on any atom is 0.417 e. The van der Waals surface area contributed by atoms with E-state index in [0.717, 1.165) is 0 Å². The Hall–Kier alpha value is -0.290. The molecule has 5 heteroatoms. The van der Waals surface area contributed by atoms with E-state index in [0.29, 0.717) is 0 Å². The zero-order valence-electron chi connectivity index (χ0n) is 4.35. The summed E-state index contributed by atoms with van der Waals surface area (Å²) in [6.07, 6.45) is -7.83. The minimum absolute atomic E-state index is 0.0146. The second-order valence-corrected chi connectivity index (χ2v) is 1.86. The molecule has 0 aromatic rings. The van der Waals surface area contributed by atoms with Gasteiger partial charge < -0.3 is 9.84 Å². The van der Waals surface area contributed by atoms with Gasteiger partial charge in [-0.2, -0.15) is 13.2 Å². The molecule has 2 nitrogen and oxygen atoms in total. The number of hydrogen-bond donors (Lipinski definition) is 1. The standard InChI is InChI=1S/C4H5F3O2/c5-4(6,7)3(8)2-1-9-2/h2-3,8H,1H2. The molecule has 0 bridgehead atoms. The predicted octanol–water partition coefficient (Wildman–Crippen LogP) is 0.308. The molecular formula is C4H5F3O2. The molecule has 9 heavy (non-hydrogen) atoms. The van der Waals surface area contributed by atoms with Crippen LogP contribution in [0, 0.1) is 0 Å². The number of halogens is 3. The van der Waals surface area contributed by atoms with Crippen LogP contribution in [-0.4, -0.2) is 30.1 Å². The monoisotopic (exact) mass is 142 g/mol. The molecule has 1 heterocycles. The van der Waals surface area contributed by atoms with Crippen LogP contribution in [0.15, 0.2) is 0 Å². The largest absolute Gasteiger partial charge is 0.417 e. The Morgan fingerprint density at radius 1 is 1.56 bits per heavy atom. The van der Waals surface area contributed by atoms with Gasteiger partial charge in [-0.05, 0) is 0 Å². The molecule has 1 aliphatic heterocycles. The second kappa shape index (κ2) is 1.85. The third-order valence-corrected chi connectivity index (χ3v) is 1.05. The molecule has 0 amide bonds. The molecule has 0 aliphatic carbocycles. The van der Waals surface area contributed by atoms with E-state index in [9.17, 15) is 13.2 Å². The van der Waals surface area contributed by atoms with E-state index in [1.807, 2.05) is 0 Å². The van der Waals surface area contributed by atoms with Gasteiger partial charge in [-0.3, -0.25) is 0 Å². The Bertz CT molecular complexity index is 107. The van der Waals surface area contributed by atoms with E-state index in [1.54, 1.807) is 0 Å². The maximum atomic E-state index is 11.4. The highest BCUT2D eigenvalue weighted by Crippen LogP contribution is 2.28. The molecule has 1 saturated heterocycles. The second-order valence-electron chi connectivity index (χ2n) is 1.86. The molecule has 1 rings (SSSR count). The minimum atomic E-state index is -4.53. The third-order valence-electron chi connectivity index (χ3n) is 1.05. The van der Waals surface area contributed by atoms with Crippen LogP contribution in [0.3, 0.4) is 0 Å². The number of hydrogen-bond acceptors (Lipinski definition) is 2. The van der Waals surface area contributed by atoms with Gasteiger partial charge in [0.05, 0.1) is 6.61 Å². The van der Waals surface area contributed by atoms with Gasteiger partial charge in [0.25, 0.3) is 0 Å². The van der Waals surface area contributed by atoms with Crippen LogP contribution in [-0.2, 0) is 4.74 Å². The molecule has 1 N–H and O–H groups in total. The molecule has 0 radical (unpaired) electrons. The number of alkyl halides is 3. The Morgan fingerprint density at radius 2 is 2.00 bits per heavy atom. The Morgan fingerprint density at radius 3 is 2.11 bits per heavy atom. The predicted molar refractivity (Wildman–Crippen MR) is 21.8 cm³/mol. The van der Waals surface area contributed by atoms with Crippen molar-refractivity contribution >= 4 is 0 Å². The van der Waals surface area contributed by atoms with Crippen molar-refractivity contribution in [3.63, 3.8) is 0 Å². The Balaban J connectivity index is 2.40. The zero-order chi connectivity index (χ0) is 7.07. The fourth-order valence-corrected chi connectivity index (χ4v) is 0.449. The molecule has 0 aromatic carbocycles. The van der Waals surface area contributed by atoms with Crippen molar-refractivity contribution in [3.05, 3.63) is 0 Å². The van der Waals surface area contributed by atoms with Gasteiger partial charge in [0, 0.05) is 0 Å². The highest BCUT2D eigenvalue weighted by molar-refractivity contribution is 4.83. The molecule has 0 saturated carbocycles. The summed E-state index contributed by atoms with van der Waals surface area (Å²) >= 11 is 0. The Labute approximate surface area is 49.2 Å². The first-order chi connectivity index (χ1) is 4.02. The molecule has 1 aliphatic rings. The summed E-state index contributed by atoms with van der Waals surface area (Å²) in [5, 5.41) is 8.28. The van der Waals surface area contributed by atoms with E-state index < -0.39 is 18.4 Å². The summed E-state index contributed by atoms with van der Waals surface area (Å²) < 4.78 is 38.5. The average Bonchev–Trinajstić information content (AvgIpc) is 2.40. The van der Waals surface area contributed by atoms with Crippen molar-refractivity contribution in [3.8, 4) is 0 Å². The molecular weight excluding hydrogens is 137 g/mol. The Kier molecular flexibility index (Phi) is 1.40. The molecule has 0 spiro atoms. The van der Waals surface area contributed by atoms with Gasteiger partial charge in [0.1, 0.15) is 6.10 Å². The smallest absolute Gasteiger partial charge is 0.381 e. The summed E-state index contributed by atoms with van der Waals surface area (Å²) in [4.78, 5) is 0. The van der Waals surface area contributed by atoms with Crippen molar-refractivity contribution in [2.24, 2.45) is 0 Å².